The molecule has 0 spiro atoms. The monoisotopic (exact) mass is 183 g/mol. The summed E-state index contributed by atoms with van der Waals surface area (Å²) in [7, 11) is 0. The summed E-state index contributed by atoms with van der Waals surface area (Å²) in [5.74, 6) is 0. The van der Waals surface area contributed by atoms with E-state index in [-0.39, 0.29) is 0 Å². The summed E-state index contributed by atoms with van der Waals surface area (Å²) in [6, 6.07) is 1.65. The van der Waals surface area contributed by atoms with Crippen molar-refractivity contribution < 1.29 is 0 Å². The summed E-state index contributed by atoms with van der Waals surface area (Å²) in [6.07, 6.45) is 11.1. The fourth-order valence-electron chi connectivity index (χ4n) is 2.43. The van der Waals surface area contributed by atoms with Gasteiger partial charge in [0.2, 0.25) is 0 Å². The molecular formula is C12H25N. The molecule has 0 saturated heterocycles. The molecule has 1 N–H and O–H groups in total. The van der Waals surface area contributed by atoms with Crippen molar-refractivity contribution in [2.75, 3.05) is 0 Å². The first-order chi connectivity index (χ1) is 6.36. The summed E-state index contributed by atoms with van der Waals surface area (Å²) >= 11 is 0. The summed E-state index contributed by atoms with van der Waals surface area (Å²) in [5, 5.41) is 3.82. The van der Waals surface area contributed by atoms with E-state index in [4.69, 9.17) is 0 Å². The Labute approximate surface area is 83.3 Å². The topological polar surface area (TPSA) is 12.0 Å². The first kappa shape index (κ1) is 11.0. The van der Waals surface area contributed by atoms with Gasteiger partial charge in [0.1, 0.15) is 0 Å². The number of nitrogens with one attached hydrogen (secondary N) is 1. The number of hydrogen-bond donors (Lipinski definition) is 1. The molecule has 0 aromatic carbocycles. The van der Waals surface area contributed by atoms with Crippen LogP contribution in [0.2, 0.25) is 0 Å². The molecule has 0 radical (unpaired) electrons. The highest BCUT2D eigenvalue weighted by Crippen LogP contribution is 2.19. The molecule has 1 aliphatic rings. The fraction of sp³-hybridized carbons (Fsp3) is 1.00. The molecule has 1 heteroatoms. The quantitative estimate of drug-likeness (QED) is 0.664. The highest BCUT2D eigenvalue weighted by Gasteiger charge is 2.17. The molecule has 1 saturated carbocycles. The Bertz CT molecular complexity index is 110. The van der Waals surface area contributed by atoms with Crippen LogP contribution < -0.4 is 5.32 Å². The van der Waals surface area contributed by atoms with E-state index in [1.807, 2.05) is 0 Å². The van der Waals surface area contributed by atoms with E-state index in [1.165, 1.54) is 51.4 Å². The van der Waals surface area contributed by atoms with Gasteiger partial charge < -0.3 is 5.32 Å². The molecule has 0 bridgehead atoms. The number of rotatable bonds is 6. The van der Waals surface area contributed by atoms with Crippen molar-refractivity contribution in [2.24, 2.45) is 0 Å². The maximum absolute atomic E-state index is 3.82. The third-order valence-electron chi connectivity index (χ3n) is 3.10. The molecule has 0 heterocycles. The Balaban J connectivity index is 2.19. The molecule has 0 aromatic heterocycles. The van der Waals surface area contributed by atoms with Gasteiger partial charge in [-0.25, -0.2) is 0 Å². The highest BCUT2D eigenvalue weighted by atomic mass is 14.9. The van der Waals surface area contributed by atoms with Crippen LogP contribution in [-0.4, -0.2) is 12.1 Å². The minimum atomic E-state index is 0.804. The van der Waals surface area contributed by atoms with Crippen molar-refractivity contribution in [1.29, 1.82) is 0 Å². The third kappa shape index (κ3) is 4.12. The minimum Gasteiger partial charge on any atom is -0.311 e. The van der Waals surface area contributed by atoms with Crippen molar-refractivity contribution in [2.45, 2.75) is 77.3 Å². The van der Waals surface area contributed by atoms with Gasteiger partial charge in [0.05, 0.1) is 0 Å². The smallest absolute Gasteiger partial charge is 0.00696 e. The highest BCUT2D eigenvalue weighted by molar-refractivity contribution is 4.78. The first-order valence-corrected chi connectivity index (χ1v) is 6.12. The van der Waals surface area contributed by atoms with Crippen molar-refractivity contribution in [3.05, 3.63) is 0 Å². The van der Waals surface area contributed by atoms with Crippen molar-refractivity contribution in [1.82, 2.24) is 5.32 Å². The van der Waals surface area contributed by atoms with E-state index in [9.17, 15) is 0 Å². The number of hydrogen-bond acceptors (Lipinski definition) is 1. The molecule has 0 unspecified atom stereocenters. The predicted octanol–water partition coefficient (Wildman–Crippen LogP) is 3.49. The Morgan fingerprint density at radius 2 is 1.62 bits per heavy atom. The molecule has 0 aromatic rings. The zero-order valence-electron chi connectivity index (χ0n) is 9.31. The lowest BCUT2D eigenvalue weighted by molar-refractivity contribution is 0.386. The van der Waals surface area contributed by atoms with Crippen LogP contribution in [0.15, 0.2) is 0 Å². The molecule has 0 atom stereocenters. The van der Waals surface area contributed by atoms with E-state index in [2.05, 4.69) is 19.2 Å². The maximum Gasteiger partial charge on any atom is 0.00696 e. The molecule has 1 aliphatic carbocycles. The maximum atomic E-state index is 3.82. The Morgan fingerprint density at radius 1 is 1.08 bits per heavy atom. The summed E-state index contributed by atoms with van der Waals surface area (Å²) in [6.45, 7) is 4.58. The lowest BCUT2D eigenvalue weighted by atomic mass is 10.1. The summed E-state index contributed by atoms with van der Waals surface area (Å²) < 4.78 is 0. The average Bonchev–Trinajstić information content (AvgIpc) is 2.58. The lowest BCUT2D eigenvalue weighted by Gasteiger charge is -2.22. The van der Waals surface area contributed by atoms with Gasteiger partial charge in [-0.15, -0.1) is 0 Å². The Hall–Kier alpha value is -0.0400. The van der Waals surface area contributed by atoms with Crippen LogP contribution in [0.25, 0.3) is 0 Å². The van der Waals surface area contributed by atoms with Crippen molar-refractivity contribution in [3.63, 3.8) is 0 Å². The first-order valence-electron chi connectivity index (χ1n) is 6.12. The van der Waals surface area contributed by atoms with E-state index in [0.717, 1.165) is 12.1 Å². The summed E-state index contributed by atoms with van der Waals surface area (Å²) in [5.41, 5.74) is 0. The standard InChI is InChI=1S/C12H25N/c1-3-7-11(8-4-2)13-12-9-5-6-10-12/h11-13H,3-10H2,1-2H3. The van der Waals surface area contributed by atoms with Crippen LogP contribution in [0.5, 0.6) is 0 Å². The second kappa shape index (κ2) is 6.42. The molecule has 78 valence electrons. The van der Waals surface area contributed by atoms with E-state index in [1.54, 1.807) is 0 Å². The van der Waals surface area contributed by atoms with E-state index < -0.39 is 0 Å². The van der Waals surface area contributed by atoms with Gasteiger partial charge in [-0.1, -0.05) is 39.5 Å². The van der Waals surface area contributed by atoms with Crippen LogP contribution in [-0.2, 0) is 0 Å². The SMILES string of the molecule is CCCC(CCC)NC1CCCC1. The van der Waals surface area contributed by atoms with Gasteiger partial charge in [0.25, 0.3) is 0 Å². The van der Waals surface area contributed by atoms with Crippen LogP contribution in [0.3, 0.4) is 0 Å². The van der Waals surface area contributed by atoms with Gasteiger partial charge in [0, 0.05) is 12.1 Å². The Morgan fingerprint density at radius 3 is 2.08 bits per heavy atom. The average molecular weight is 183 g/mol. The second-order valence-electron chi connectivity index (χ2n) is 4.42. The lowest BCUT2D eigenvalue weighted by Crippen LogP contribution is -2.36. The van der Waals surface area contributed by atoms with Gasteiger partial charge in [-0.05, 0) is 25.7 Å². The van der Waals surface area contributed by atoms with Gasteiger partial charge in [-0.2, -0.15) is 0 Å². The van der Waals surface area contributed by atoms with E-state index in [0.29, 0.717) is 0 Å². The van der Waals surface area contributed by atoms with Gasteiger partial charge in [0.15, 0.2) is 0 Å². The minimum absolute atomic E-state index is 0.804. The summed E-state index contributed by atoms with van der Waals surface area (Å²) in [4.78, 5) is 0. The van der Waals surface area contributed by atoms with E-state index >= 15 is 0 Å². The Kier molecular flexibility index (Phi) is 5.45. The normalized spacial score (nSPS) is 18.7. The fourth-order valence-corrected chi connectivity index (χ4v) is 2.43. The third-order valence-corrected chi connectivity index (χ3v) is 3.10. The molecule has 1 rings (SSSR count). The zero-order chi connectivity index (χ0) is 9.52. The largest absolute Gasteiger partial charge is 0.311 e. The molecule has 0 amide bonds. The zero-order valence-corrected chi connectivity index (χ0v) is 9.31. The molecular weight excluding hydrogens is 158 g/mol. The molecule has 1 fully saturated rings. The molecule has 0 aliphatic heterocycles. The molecule has 13 heavy (non-hydrogen) atoms. The van der Waals surface area contributed by atoms with Gasteiger partial charge >= 0.3 is 0 Å². The second-order valence-corrected chi connectivity index (χ2v) is 4.42. The van der Waals surface area contributed by atoms with Crippen LogP contribution in [0.4, 0.5) is 0 Å². The van der Waals surface area contributed by atoms with Crippen LogP contribution >= 0.6 is 0 Å². The van der Waals surface area contributed by atoms with Crippen LogP contribution in [0.1, 0.15) is 65.2 Å². The molecule has 1 nitrogen and oxygen atoms in total. The van der Waals surface area contributed by atoms with Crippen LogP contribution in [0, 0.1) is 0 Å². The van der Waals surface area contributed by atoms with Crippen molar-refractivity contribution in [3.8, 4) is 0 Å². The van der Waals surface area contributed by atoms with Gasteiger partial charge in [-0.3, -0.25) is 0 Å². The van der Waals surface area contributed by atoms with Crippen molar-refractivity contribution >= 4 is 0 Å². The predicted molar refractivity (Wildman–Crippen MR) is 59.0 cm³/mol.